The van der Waals surface area contributed by atoms with Crippen molar-refractivity contribution in [1.82, 2.24) is 19.9 Å². The van der Waals surface area contributed by atoms with Gasteiger partial charge in [0.25, 0.3) is 0 Å². The Kier molecular flexibility index (Phi) is 4.20. The van der Waals surface area contributed by atoms with Crippen LogP contribution < -0.4 is 9.80 Å². The Morgan fingerprint density at radius 1 is 1.18 bits per heavy atom. The first-order valence-corrected chi connectivity index (χ1v) is 8.10. The SMILES string of the molecule is CCCN1CCN(c2nc(N(C)C)nc3[nH]c(C)cc23)CC1. The summed E-state index contributed by atoms with van der Waals surface area (Å²) in [5, 5.41) is 1.13. The predicted octanol–water partition coefficient (Wildman–Crippen LogP) is 1.86. The van der Waals surface area contributed by atoms with Crippen molar-refractivity contribution in [2.24, 2.45) is 0 Å². The quantitative estimate of drug-likeness (QED) is 0.934. The van der Waals surface area contributed by atoms with Crippen LogP contribution in [0.2, 0.25) is 0 Å². The number of fused-ring (bicyclic) bond motifs is 1. The molecular formula is C16H26N6. The van der Waals surface area contributed by atoms with Gasteiger partial charge in [0.2, 0.25) is 5.95 Å². The molecule has 6 heteroatoms. The highest BCUT2D eigenvalue weighted by atomic mass is 15.3. The molecule has 2 aromatic heterocycles. The maximum absolute atomic E-state index is 4.81. The Bertz CT molecular complexity index is 639. The van der Waals surface area contributed by atoms with E-state index in [0.29, 0.717) is 0 Å². The van der Waals surface area contributed by atoms with Crippen LogP contribution >= 0.6 is 0 Å². The normalized spacial score (nSPS) is 16.5. The number of hydrogen-bond donors (Lipinski definition) is 1. The minimum atomic E-state index is 0.764. The molecule has 0 amide bonds. The van der Waals surface area contributed by atoms with Crippen molar-refractivity contribution in [3.63, 3.8) is 0 Å². The maximum atomic E-state index is 4.81. The molecule has 1 fully saturated rings. The van der Waals surface area contributed by atoms with Gasteiger partial charge < -0.3 is 14.8 Å². The van der Waals surface area contributed by atoms with E-state index in [9.17, 15) is 0 Å². The van der Waals surface area contributed by atoms with Gasteiger partial charge in [-0.25, -0.2) is 0 Å². The molecule has 0 atom stereocenters. The number of piperazine rings is 1. The third kappa shape index (κ3) is 2.88. The van der Waals surface area contributed by atoms with E-state index in [1.165, 1.54) is 13.0 Å². The minimum Gasteiger partial charge on any atom is -0.353 e. The third-order valence-electron chi connectivity index (χ3n) is 4.20. The summed E-state index contributed by atoms with van der Waals surface area (Å²) in [6.45, 7) is 9.79. The first-order chi connectivity index (χ1) is 10.6. The van der Waals surface area contributed by atoms with Crippen molar-refractivity contribution in [3.05, 3.63) is 11.8 Å². The predicted molar refractivity (Wildman–Crippen MR) is 91.9 cm³/mol. The highest BCUT2D eigenvalue weighted by molar-refractivity contribution is 5.89. The fourth-order valence-corrected chi connectivity index (χ4v) is 3.05. The van der Waals surface area contributed by atoms with Crippen molar-refractivity contribution in [2.75, 3.05) is 56.6 Å². The fourth-order valence-electron chi connectivity index (χ4n) is 3.05. The smallest absolute Gasteiger partial charge is 0.228 e. The van der Waals surface area contributed by atoms with Crippen molar-refractivity contribution in [1.29, 1.82) is 0 Å². The van der Waals surface area contributed by atoms with Gasteiger partial charge >= 0.3 is 0 Å². The van der Waals surface area contributed by atoms with Gasteiger partial charge in [-0.3, -0.25) is 4.90 Å². The molecule has 0 bridgehead atoms. The molecule has 0 aliphatic carbocycles. The van der Waals surface area contributed by atoms with E-state index in [-0.39, 0.29) is 0 Å². The zero-order chi connectivity index (χ0) is 15.7. The van der Waals surface area contributed by atoms with Crippen LogP contribution in [-0.2, 0) is 0 Å². The summed E-state index contributed by atoms with van der Waals surface area (Å²) in [5.74, 6) is 1.83. The lowest BCUT2D eigenvalue weighted by molar-refractivity contribution is 0.258. The topological polar surface area (TPSA) is 51.3 Å². The average Bonchev–Trinajstić information content (AvgIpc) is 2.87. The Morgan fingerprint density at radius 3 is 2.55 bits per heavy atom. The molecule has 0 radical (unpaired) electrons. The lowest BCUT2D eigenvalue weighted by Gasteiger charge is -2.35. The molecule has 0 unspecified atom stereocenters. The van der Waals surface area contributed by atoms with Crippen LogP contribution in [0.4, 0.5) is 11.8 Å². The molecule has 120 valence electrons. The molecule has 0 spiro atoms. The lowest BCUT2D eigenvalue weighted by atomic mass is 10.2. The van der Waals surface area contributed by atoms with Crippen LogP contribution in [0.25, 0.3) is 11.0 Å². The first kappa shape index (κ1) is 15.1. The van der Waals surface area contributed by atoms with E-state index in [0.717, 1.165) is 54.7 Å². The molecule has 0 saturated carbocycles. The van der Waals surface area contributed by atoms with Crippen LogP contribution in [0.15, 0.2) is 6.07 Å². The average molecular weight is 302 g/mol. The van der Waals surface area contributed by atoms with Gasteiger partial charge in [0, 0.05) is 46.0 Å². The fraction of sp³-hybridized carbons (Fsp3) is 0.625. The highest BCUT2D eigenvalue weighted by Crippen LogP contribution is 2.27. The number of hydrogen-bond acceptors (Lipinski definition) is 5. The van der Waals surface area contributed by atoms with Crippen molar-refractivity contribution < 1.29 is 0 Å². The summed E-state index contributed by atoms with van der Waals surface area (Å²) >= 11 is 0. The van der Waals surface area contributed by atoms with Gasteiger partial charge in [-0.15, -0.1) is 0 Å². The Labute approximate surface area is 132 Å². The number of nitrogens with zero attached hydrogens (tertiary/aromatic N) is 5. The number of aromatic nitrogens is 3. The summed E-state index contributed by atoms with van der Waals surface area (Å²) in [5.41, 5.74) is 2.06. The largest absolute Gasteiger partial charge is 0.353 e. The summed E-state index contributed by atoms with van der Waals surface area (Å²) in [6, 6.07) is 2.16. The molecular weight excluding hydrogens is 276 g/mol. The second-order valence-electron chi connectivity index (χ2n) is 6.28. The van der Waals surface area contributed by atoms with E-state index in [4.69, 9.17) is 4.98 Å². The third-order valence-corrected chi connectivity index (χ3v) is 4.20. The van der Waals surface area contributed by atoms with Crippen molar-refractivity contribution >= 4 is 22.8 Å². The monoisotopic (exact) mass is 302 g/mol. The van der Waals surface area contributed by atoms with Gasteiger partial charge in [0.05, 0.1) is 5.39 Å². The Morgan fingerprint density at radius 2 is 1.91 bits per heavy atom. The highest BCUT2D eigenvalue weighted by Gasteiger charge is 2.21. The number of H-pyrrole nitrogens is 1. The first-order valence-electron chi connectivity index (χ1n) is 8.10. The molecule has 2 aromatic rings. The van der Waals surface area contributed by atoms with E-state index in [1.807, 2.05) is 19.0 Å². The summed E-state index contributed by atoms with van der Waals surface area (Å²) in [6.07, 6.45) is 1.22. The van der Waals surface area contributed by atoms with E-state index in [2.05, 4.69) is 39.7 Å². The zero-order valence-electron chi connectivity index (χ0n) is 14.1. The van der Waals surface area contributed by atoms with E-state index in [1.54, 1.807) is 0 Å². The number of rotatable bonds is 4. The summed E-state index contributed by atoms with van der Waals surface area (Å²) in [4.78, 5) is 19.7. The molecule has 1 aliphatic heterocycles. The van der Waals surface area contributed by atoms with Gasteiger partial charge in [-0.1, -0.05) is 6.92 Å². The molecule has 1 aliphatic rings. The summed E-state index contributed by atoms with van der Waals surface area (Å²) in [7, 11) is 3.97. The van der Waals surface area contributed by atoms with Gasteiger partial charge in [0.15, 0.2) is 0 Å². The molecule has 3 heterocycles. The second kappa shape index (κ2) is 6.12. The minimum absolute atomic E-state index is 0.764. The Balaban J connectivity index is 1.92. The van der Waals surface area contributed by atoms with Gasteiger partial charge in [-0.2, -0.15) is 9.97 Å². The van der Waals surface area contributed by atoms with Gasteiger partial charge in [-0.05, 0) is 26.0 Å². The second-order valence-corrected chi connectivity index (χ2v) is 6.28. The van der Waals surface area contributed by atoms with Crippen LogP contribution in [0.5, 0.6) is 0 Å². The molecule has 6 nitrogen and oxygen atoms in total. The van der Waals surface area contributed by atoms with Gasteiger partial charge in [0.1, 0.15) is 11.5 Å². The van der Waals surface area contributed by atoms with E-state index < -0.39 is 0 Å². The van der Waals surface area contributed by atoms with Crippen LogP contribution in [0.3, 0.4) is 0 Å². The molecule has 0 aromatic carbocycles. The molecule has 3 rings (SSSR count). The van der Waals surface area contributed by atoms with Crippen LogP contribution in [0.1, 0.15) is 19.0 Å². The standard InChI is InChI=1S/C16H26N6/c1-5-6-21-7-9-22(10-8-21)15-13-11-12(2)17-14(13)18-16(19-15)20(3)4/h11H,5-10H2,1-4H3,(H,17,18,19). The van der Waals surface area contributed by atoms with E-state index >= 15 is 0 Å². The molecule has 1 N–H and O–H groups in total. The van der Waals surface area contributed by atoms with Crippen molar-refractivity contribution in [2.45, 2.75) is 20.3 Å². The number of aryl methyl sites for hydroxylation is 1. The maximum Gasteiger partial charge on any atom is 0.228 e. The Hall–Kier alpha value is -1.82. The lowest BCUT2D eigenvalue weighted by Crippen LogP contribution is -2.47. The number of aromatic amines is 1. The number of anilines is 2. The molecule has 22 heavy (non-hydrogen) atoms. The van der Waals surface area contributed by atoms with Crippen LogP contribution in [-0.4, -0.2) is 66.7 Å². The summed E-state index contributed by atoms with van der Waals surface area (Å²) < 4.78 is 0. The molecule has 1 saturated heterocycles. The van der Waals surface area contributed by atoms with Crippen LogP contribution in [0, 0.1) is 6.92 Å². The zero-order valence-corrected chi connectivity index (χ0v) is 14.1. The number of nitrogens with one attached hydrogen (secondary N) is 1. The van der Waals surface area contributed by atoms with Crippen molar-refractivity contribution in [3.8, 4) is 0 Å².